The van der Waals surface area contributed by atoms with Crippen molar-refractivity contribution in [2.45, 2.75) is 36.9 Å². The molecule has 0 heterocycles. The quantitative estimate of drug-likeness (QED) is 0.146. The Labute approximate surface area is 224 Å². The van der Waals surface area contributed by atoms with Gasteiger partial charge in [0.05, 0.1) is 22.6 Å². The molecule has 11 heteroatoms. The van der Waals surface area contributed by atoms with Crippen molar-refractivity contribution >= 4 is 16.1 Å². The van der Waals surface area contributed by atoms with Crippen LogP contribution in [0, 0.1) is 11.6 Å². The Kier molecular flexibility index (Phi) is 9.84. The van der Waals surface area contributed by atoms with Crippen LogP contribution in [0.2, 0.25) is 0 Å². The van der Waals surface area contributed by atoms with E-state index in [1.165, 1.54) is 18.2 Å². The maximum absolute atomic E-state index is 14.3. The fraction of sp³-hybridized carbons (Fsp3) is 0.321. The lowest BCUT2D eigenvalue weighted by atomic mass is 10.00. The maximum Gasteiger partial charge on any atom is 0.416 e. The third kappa shape index (κ3) is 8.59. The van der Waals surface area contributed by atoms with Crippen LogP contribution in [0.1, 0.15) is 46.3 Å². The van der Waals surface area contributed by atoms with Crippen molar-refractivity contribution in [1.29, 1.82) is 0 Å². The lowest BCUT2D eigenvalue weighted by molar-refractivity contribution is -0.137. The second-order valence-corrected chi connectivity index (χ2v) is 11.3. The van der Waals surface area contributed by atoms with Crippen LogP contribution in [0.4, 0.5) is 22.0 Å². The molecule has 0 aliphatic carbocycles. The van der Waals surface area contributed by atoms with Crippen molar-refractivity contribution in [3.63, 3.8) is 0 Å². The molecule has 39 heavy (non-hydrogen) atoms. The van der Waals surface area contributed by atoms with E-state index in [-0.39, 0.29) is 36.9 Å². The van der Waals surface area contributed by atoms with Crippen LogP contribution in [0.3, 0.4) is 0 Å². The van der Waals surface area contributed by atoms with Gasteiger partial charge in [0.15, 0.2) is 16.1 Å². The lowest BCUT2D eigenvalue weighted by Crippen LogP contribution is -2.29. The number of ether oxygens (including phenoxy) is 1. The summed E-state index contributed by atoms with van der Waals surface area (Å²) in [5, 5.41) is 0. The Morgan fingerprint density at radius 2 is 1.72 bits per heavy atom. The van der Waals surface area contributed by atoms with Crippen LogP contribution in [0.15, 0.2) is 65.6 Å². The predicted octanol–water partition coefficient (Wildman–Crippen LogP) is 6.27. The monoisotopic (exact) mass is 569 g/mol. The number of rotatable bonds is 12. The molecule has 3 aromatic rings. The zero-order valence-electron chi connectivity index (χ0n) is 21.3. The van der Waals surface area contributed by atoms with E-state index in [1.54, 1.807) is 18.2 Å². The van der Waals surface area contributed by atoms with Crippen LogP contribution >= 0.6 is 0 Å². The van der Waals surface area contributed by atoms with E-state index >= 15 is 0 Å². The van der Waals surface area contributed by atoms with Crippen LogP contribution in [0.25, 0.3) is 0 Å². The van der Waals surface area contributed by atoms with E-state index < -0.39 is 37.9 Å². The van der Waals surface area contributed by atoms with Gasteiger partial charge in [0, 0.05) is 32.0 Å². The molecule has 0 aliphatic heterocycles. The molecule has 0 fully saturated rings. The maximum atomic E-state index is 14.3. The SMILES string of the molecule is CC(CN(CCCOc1cc(F)c(C=O)c(S(C)(=O)=O)c1)Cc1cccc(C(F)(F)F)c1)c1ccc(F)cc1. The first-order chi connectivity index (χ1) is 18.3. The average molecular weight is 570 g/mol. The van der Waals surface area contributed by atoms with Gasteiger partial charge in [0.1, 0.15) is 17.4 Å². The first-order valence-electron chi connectivity index (χ1n) is 12.0. The first-order valence-corrected chi connectivity index (χ1v) is 13.9. The Bertz CT molecular complexity index is 1390. The molecular weight excluding hydrogens is 541 g/mol. The average Bonchev–Trinajstić information content (AvgIpc) is 2.85. The smallest absolute Gasteiger partial charge is 0.416 e. The second kappa shape index (κ2) is 12.7. The lowest BCUT2D eigenvalue weighted by Gasteiger charge is -2.26. The molecule has 1 atom stereocenters. The fourth-order valence-electron chi connectivity index (χ4n) is 4.17. The molecule has 0 aliphatic rings. The van der Waals surface area contributed by atoms with Gasteiger partial charge in [-0.3, -0.25) is 9.69 Å². The zero-order chi connectivity index (χ0) is 28.8. The molecule has 210 valence electrons. The van der Waals surface area contributed by atoms with E-state index in [0.29, 0.717) is 25.1 Å². The second-order valence-electron chi connectivity index (χ2n) is 9.29. The summed E-state index contributed by atoms with van der Waals surface area (Å²) in [5.41, 5.74) is -0.00801. The highest BCUT2D eigenvalue weighted by molar-refractivity contribution is 7.90. The van der Waals surface area contributed by atoms with Crippen molar-refractivity contribution in [3.05, 3.63) is 94.6 Å². The molecule has 1 unspecified atom stereocenters. The van der Waals surface area contributed by atoms with Gasteiger partial charge in [-0.2, -0.15) is 13.2 Å². The summed E-state index contributed by atoms with van der Waals surface area (Å²) >= 11 is 0. The molecule has 0 amide bonds. The van der Waals surface area contributed by atoms with E-state index in [2.05, 4.69) is 0 Å². The summed E-state index contributed by atoms with van der Waals surface area (Å²) in [5.74, 6) is -1.54. The van der Waals surface area contributed by atoms with Crippen molar-refractivity contribution in [3.8, 4) is 5.75 Å². The molecule has 3 rings (SSSR count). The minimum Gasteiger partial charge on any atom is -0.493 e. The number of benzene rings is 3. The van der Waals surface area contributed by atoms with Crippen molar-refractivity contribution in [2.24, 2.45) is 0 Å². The van der Waals surface area contributed by atoms with Crippen LogP contribution in [-0.4, -0.2) is 45.6 Å². The topological polar surface area (TPSA) is 63.7 Å². The highest BCUT2D eigenvalue weighted by Gasteiger charge is 2.30. The number of carbonyl (C=O) groups excluding carboxylic acids is 1. The Hall–Kier alpha value is -3.31. The summed E-state index contributed by atoms with van der Waals surface area (Å²) in [6.07, 6.45) is -3.12. The van der Waals surface area contributed by atoms with Gasteiger partial charge >= 0.3 is 6.18 Å². The third-order valence-corrected chi connectivity index (χ3v) is 7.24. The minimum absolute atomic E-state index is 0.0487. The third-order valence-electron chi connectivity index (χ3n) is 6.10. The number of hydrogen-bond donors (Lipinski definition) is 0. The van der Waals surface area contributed by atoms with Crippen molar-refractivity contribution in [1.82, 2.24) is 4.90 Å². The highest BCUT2D eigenvalue weighted by Crippen LogP contribution is 2.30. The molecule has 0 saturated heterocycles. The van der Waals surface area contributed by atoms with E-state index in [0.717, 1.165) is 36.1 Å². The standard InChI is InChI=1S/C28H28F5NO4S/c1-19(21-7-9-23(29)10-8-21)16-34(17-20-5-3-6-22(13-20)28(31,32)33)11-4-12-38-24-14-26(30)25(18-35)27(15-24)39(2,36)37/h3,5-10,13-15,18-19H,4,11-12,16-17H2,1-2H3. The Morgan fingerprint density at radius 3 is 2.33 bits per heavy atom. The number of alkyl halides is 3. The van der Waals surface area contributed by atoms with Gasteiger partial charge in [-0.1, -0.05) is 37.3 Å². The van der Waals surface area contributed by atoms with Gasteiger partial charge in [0.25, 0.3) is 0 Å². The minimum atomic E-state index is -4.48. The number of hydrogen-bond acceptors (Lipinski definition) is 5. The van der Waals surface area contributed by atoms with Gasteiger partial charge in [-0.25, -0.2) is 17.2 Å². The van der Waals surface area contributed by atoms with Crippen molar-refractivity contribution in [2.75, 3.05) is 26.0 Å². The largest absolute Gasteiger partial charge is 0.493 e. The van der Waals surface area contributed by atoms with Crippen LogP contribution in [-0.2, 0) is 22.6 Å². The molecule has 0 N–H and O–H groups in total. The Balaban J connectivity index is 1.73. The zero-order valence-corrected chi connectivity index (χ0v) is 22.2. The number of aldehydes is 1. The highest BCUT2D eigenvalue weighted by atomic mass is 32.2. The number of sulfone groups is 1. The van der Waals surface area contributed by atoms with Gasteiger partial charge in [-0.05, 0) is 47.7 Å². The van der Waals surface area contributed by atoms with Gasteiger partial charge in [0.2, 0.25) is 0 Å². The number of halogens is 5. The van der Waals surface area contributed by atoms with E-state index in [9.17, 15) is 35.2 Å². The van der Waals surface area contributed by atoms with E-state index in [1.807, 2.05) is 11.8 Å². The predicted molar refractivity (Wildman–Crippen MR) is 137 cm³/mol. The van der Waals surface area contributed by atoms with E-state index in [4.69, 9.17) is 4.74 Å². The Morgan fingerprint density at radius 1 is 1.03 bits per heavy atom. The summed E-state index contributed by atoms with van der Waals surface area (Å²) in [7, 11) is -3.89. The van der Waals surface area contributed by atoms with Gasteiger partial charge < -0.3 is 4.74 Å². The molecule has 0 bridgehead atoms. The summed E-state index contributed by atoms with van der Waals surface area (Å²) in [6.45, 7) is 3.01. The van der Waals surface area contributed by atoms with Gasteiger partial charge in [-0.15, -0.1) is 0 Å². The number of carbonyl (C=O) groups is 1. The molecule has 5 nitrogen and oxygen atoms in total. The van der Waals surface area contributed by atoms with Crippen molar-refractivity contribution < 1.29 is 39.9 Å². The molecular formula is C28H28F5NO4S. The summed E-state index contributed by atoms with van der Waals surface area (Å²) in [6, 6.07) is 13.1. The molecule has 0 saturated carbocycles. The number of nitrogens with zero attached hydrogens (tertiary/aromatic N) is 1. The first kappa shape index (κ1) is 30.2. The molecule has 3 aromatic carbocycles. The summed E-state index contributed by atoms with van der Waals surface area (Å²) in [4.78, 5) is 12.6. The normalized spacial score (nSPS) is 12.9. The van der Waals surface area contributed by atoms with Crippen LogP contribution < -0.4 is 4.74 Å². The summed E-state index contributed by atoms with van der Waals surface area (Å²) < 4.78 is 96.7. The molecule has 0 spiro atoms. The molecule has 0 aromatic heterocycles. The molecule has 0 radical (unpaired) electrons. The van der Waals surface area contributed by atoms with Crippen LogP contribution in [0.5, 0.6) is 5.75 Å². The fourth-order valence-corrected chi connectivity index (χ4v) is 5.05.